The van der Waals surface area contributed by atoms with Crippen molar-refractivity contribution in [3.05, 3.63) is 89.5 Å². The Morgan fingerprint density at radius 1 is 0.538 bits per heavy atom. The van der Waals surface area contributed by atoms with Crippen LogP contribution in [0.1, 0.15) is 209 Å². The van der Waals surface area contributed by atoms with E-state index >= 15 is 0 Å². The van der Waals surface area contributed by atoms with Gasteiger partial charge in [-0.1, -0.05) is 57.2 Å². The molecule has 0 radical (unpaired) electrons. The summed E-state index contributed by atoms with van der Waals surface area (Å²) in [6.45, 7) is 29.6. The molecule has 2 bridgehead atoms. The third kappa shape index (κ3) is 19.2. The van der Waals surface area contributed by atoms with E-state index in [1.807, 2.05) is 91.8 Å². The van der Waals surface area contributed by atoms with Gasteiger partial charge < -0.3 is 53.2 Å². The van der Waals surface area contributed by atoms with Crippen LogP contribution in [0, 0.1) is 50.2 Å². The first kappa shape index (κ1) is 74.5. The van der Waals surface area contributed by atoms with Crippen molar-refractivity contribution in [1.29, 1.82) is 0 Å². The molecular formula is C72H102O19. The maximum Gasteiger partial charge on any atom is 0.312 e. The minimum absolute atomic E-state index is 0.00271. The maximum atomic E-state index is 13.7. The number of carbonyl (C=O) groups excluding carboxylic acids is 8. The fourth-order valence-corrected chi connectivity index (χ4v) is 14.4. The summed E-state index contributed by atoms with van der Waals surface area (Å²) in [6, 6.07) is 20.7. The van der Waals surface area contributed by atoms with Crippen LogP contribution >= 0.6 is 0 Å². The van der Waals surface area contributed by atoms with Crippen LogP contribution in [0.5, 0.6) is 17.2 Å². The van der Waals surface area contributed by atoms with Crippen LogP contribution in [0.3, 0.4) is 0 Å². The minimum atomic E-state index is -1.01. The number of hydrogen-bond acceptors (Lipinski definition) is 19. The summed E-state index contributed by atoms with van der Waals surface area (Å²) in [5.74, 6) is -2.08. The summed E-state index contributed by atoms with van der Waals surface area (Å²) in [7, 11) is 4.03. The van der Waals surface area contributed by atoms with Crippen molar-refractivity contribution in [2.75, 3.05) is 27.9 Å². The molecule has 91 heavy (non-hydrogen) atoms. The highest BCUT2D eigenvalue weighted by Crippen LogP contribution is 2.56. The molecule has 0 amide bonds. The zero-order valence-corrected chi connectivity index (χ0v) is 57.2. The van der Waals surface area contributed by atoms with E-state index in [1.165, 1.54) is 21.3 Å². The first-order valence-electron chi connectivity index (χ1n) is 31.6. The summed E-state index contributed by atoms with van der Waals surface area (Å²) >= 11 is 0. The standard InChI is InChI=1S/C26H34O7.C24H34O7.C22H34O5/c1-14(15-6-8-17(27)9-7-15)12-26(4,13-25(2,3)23(29)31-5)24(30)33-20-16-10-18-19(11-16)22(28)32-21(18)20;1-16(17-7-9-18(25)10-8-17)13-23(4,15-22(2,3)20(27)29-6)21(28)31-24(5)11-12-30-19(26)14-24;1-15(16-9-11-17(23)12-10-16)13-22(7,19(25)27-20(2,3)4)14-21(5,6)18(24)26-8/h6-9,14,16,18-21,27H,10-13H2,1-5H3;7-10,16,25H,11-15H2,1-6H3;9-12,15,23H,13-14H2,1-8H3. The van der Waals surface area contributed by atoms with Gasteiger partial charge in [0.05, 0.1) is 72.8 Å². The summed E-state index contributed by atoms with van der Waals surface area (Å²) < 4.78 is 43.1. The largest absolute Gasteiger partial charge is 0.508 e. The lowest BCUT2D eigenvalue weighted by Gasteiger charge is -2.40. The van der Waals surface area contributed by atoms with E-state index in [2.05, 4.69) is 0 Å². The van der Waals surface area contributed by atoms with Crippen molar-refractivity contribution < 1.29 is 91.6 Å². The van der Waals surface area contributed by atoms with E-state index in [1.54, 1.807) is 91.8 Å². The molecule has 0 aromatic heterocycles. The zero-order valence-electron chi connectivity index (χ0n) is 57.2. The van der Waals surface area contributed by atoms with Crippen LogP contribution < -0.4 is 0 Å². The Kier molecular flexibility index (Phi) is 23.9. The number of aromatic hydroxyl groups is 3. The highest BCUT2D eigenvalue weighted by atomic mass is 16.6. The minimum Gasteiger partial charge on any atom is -0.508 e. The fourth-order valence-electron chi connectivity index (χ4n) is 14.4. The Balaban J connectivity index is 0.000000250. The Bertz CT molecular complexity index is 3050. The molecule has 2 heterocycles. The molecule has 19 heteroatoms. The number of carbonyl (C=O) groups is 8. The van der Waals surface area contributed by atoms with Gasteiger partial charge in [-0.25, -0.2) is 0 Å². The van der Waals surface area contributed by atoms with Crippen LogP contribution in [-0.4, -0.2) is 114 Å². The monoisotopic (exact) mass is 1270 g/mol. The Morgan fingerprint density at radius 2 is 0.901 bits per heavy atom. The highest BCUT2D eigenvalue weighted by Gasteiger charge is 2.64. The second-order valence-corrected chi connectivity index (χ2v) is 30.2. The predicted molar refractivity (Wildman–Crippen MR) is 339 cm³/mol. The molecule has 19 nitrogen and oxygen atoms in total. The van der Waals surface area contributed by atoms with Crippen molar-refractivity contribution in [3.63, 3.8) is 0 Å². The topological polar surface area (TPSA) is 271 Å². The molecule has 3 N–H and O–H groups in total. The second-order valence-electron chi connectivity index (χ2n) is 30.2. The lowest BCUT2D eigenvalue weighted by Crippen LogP contribution is -2.46. The van der Waals surface area contributed by atoms with Gasteiger partial charge in [0.2, 0.25) is 0 Å². The average molecular weight is 1270 g/mol. The van der Waals surface area contributed by atoms with Gasteiger partial charge in [-0.2, -0.15) is 0 Å². The highest BCUT2D eigenvalue weighted by molar-refractivity contribution is 5.83. The van der Waals surface area contributed by atoms with Crippen LogP contribution in [0.2, 0.25) is 0 Å². The molecular weight excluding hydrogens is 1170 g/mol. The molecule has 2 aliphatic carbocycles. The van der Waals surface area contributed by atoms with E-state index in [0.717, 1.165) is 23.1 Å². The molecule has 3 aromatic carbocycles. The summed E-state index contributed by atoms with van der Waals surface area (Å²) in [6.07, 6.45) is 3.37. The first-order chi connectivity index (χ1) is 41.9. The fraction of sp³-hybridized carbons (Fsp3) is 0.639. The molecule has 12 atom stereocenters. The van der Waals surface area contributed by atoms with Gasteiger partial charge in [0, 0.05) is 18.3 Å². The molecule has 504 valence electrons. The molecule has 3 aromatic rings. The normalized spacial score (nSPS) is 23.2. The number of phenols is 3. The number of fused-ring (bicyclic) bond motifs is 1. The predicted octanol–water partition coefficient (Wildman–Crippen LogP) is 12.9. The number of cyclic esters (lactones) is 1. The number of benzene rings is 3. The number of phenolic OH excluding ortho intramolecular Hbond substituents is 3. The van der Waals surface area contributed by atoms with Gasteiger partial charge >= 0.3 is 47.8 Å². The van der Waals surface area contributed by atoms with Crippen molar-refractivity contribution >= 4 is 47.8 Å². The Morgan fingerprint density at radius 3 is 1.25 bits per heavy atom. The van der Waals surface area contributed by atoms with Gasteiger partial charge in [-0.15, -0.1) is 0 Å². The summed E-state index contributed by atoms with van der Waals surface area (Å²) in [5, 5.41) is 28.7. The number of esters is 8. The van der Waals surface area contributed by atoms with E-state index in [4.69, 9.17) is 37.9 Å². The van der Waals surface area contributed by atoms with Gasteiger partial charge in [0.25, 0.3) is 0 Å². The van der Waals surface area contributed by atoms with Crippen LogP contribution in [-0.2, 0) is 76.3 Å². The number of rotatable bonds is 23. The van der Waals surface area contributed by atoms with Crippen molar-refractivity contribution in [2.45, 2.75) is 216 Å². The molecule has 2 saturated heterocycles. The quantitative estimate of drug-likeness (QED) is 0.0588. The Labute approximate surface area is 538 Å². The van der Waals surface area contributed by atoms with Gasteiger partial charge in [-0.05, 0) is 212 Å². The third-order valence-electron chi connectivity index (χ3n) is 18.7. The lowest BCUT2D eigenvalue weighted by molar-refractivity contribution is -0.185. The molecule has 0 spiro atoms. The van der Waals surface area contributed by atoms with Crippen molar-refractivity contribution in [3.8, 4) is 17.2 Å². The van der Waals surface area contributed by atoms with E-state index < -0.39 is 67.7 Å². The molecule has 7 rings (SSSR count). The van der Waals surface area contributed by atoms with Crippen molar-refractivity contribution in [1.82, 2.24) is 0 Å². The average Bonchev–Trinajstić information content (AvgIpc) is 1.59. The smallest absolute Gasteiger partial charge is 0.312 e. The van der Waals surface area contributed by atoms with E-state index in [0.29, 0.717) is 38.5 Å². The summed E-state index contributed by atoms with van der Waals surface area (Å²) in [4.78, 5) is 101. The van der Waals surface area contributed by atoms with Gasteiger partial charge in [0.1, 0.15) is 40.7 Å². The third-order valence-corrected chi connectivity index (χ3v) is 18.7. The number of hydrogen-bond donors (Lipinski definition) is 3. The number of methoxy groups -OCH3 is 3. The van der Waals surface area contributed by atoms with Crippen LogP contribution in [0.25, 0.3) is 0 Å². The first-order valence-corrected chi connectivity index (χ1v) is 31.6. The van der Waals surface area contributed by atoms with Crippen LogP contribution in [0.15, 0.2) is 72.8 Å². The van der Waals surface area contributed by atoms with Gasteiger partial charge in [0.15, 0.2) is 0 Å². The van der Waals surface area contributed by atoms with E-state index in [-0.39, 0.29) is 115 Å². The van der Waals surface area contributed by atoms with E-state index in [9.17, 15) is 53.7 Å². The van der Waals surface area contributed by atoms with Gasteiger partial charge in [-0.3, -0.25) is 38.4 Å². The Hall–Kier alpha value is -7.18. The molecule has 2 aliphatic heterocycles. The molecule has 12 unspecified atom stereocenters. The van der Waals surface area contributed by atoms with Crippen molar-refractivity contribution in [2.24, 2.45) is 50.2 Å². The number of ether oxygens (including phenoxy) is 8. The van der Waals surface area contributed by atoms with Crippen LogP contribution in [0.4, 0.5) is 0 Å². The molecule has 2 saturated carbocycles. The SMILES string of the molecule is COC(=O)C(C)(C)CC(C)(CC(C)c1ccc(O)cc1)C(=O)OC(C)(C)C.COC(=O)C(C)(C)CC(C)(CC(C)c1ccc(O)cc1)C(=O)OC1(C)CCOC(=O)C1.COC(=O)C(C)(C)CC(C)(CC(C)c1ccc(O)cc1)C(=O)OC1C2CC3C(=O)OC1C3C2. The maximum absolute atomic E-state index is 13.7. The lowest BCUT2D eigenvalue weighted by atomic mass is 9.69. The second kappa shape index (κ2) is 29.2. The molecule has 4 fully saturated rings. The molecule has 4 aliphatic rings. The summed E-state index contributed by atoms with van der Waals surface area (Å²) in [5.41, 5.74) is -4.09. The zero-order chi connectivity index (χ0) is 68.6.